The molecule has 0 spiro atoms. The van der Waals surface area contributed by atoms with Gasteiger partial charge in [0.2, 0.25) is 5.91 Å². The largest absolute Gasteiger partial charge is 0.465 e. The summed E-state index contributed by atoms with van der Waals surface area (Å²) in [4.78, 5) is 23.6. The summed E-state index contributed by atoms with van der Waals surface area (Å²) in [7, 11) is 1.31. The normalized spacial score (nSPS) is 10.6. The van der Waals surface area contributed by atoms with E-state index in [0.717, 1.165) is 5.56 Å². The number of ether oxygens (including phenoxy) is 1. The van der Waals surface area contributed by atoms with Crippen LogP contribution < -0.4 is 5.32 Å². The zero-order chi connectivity index (χ0) is 18.6. The summed E-state index contributed by atoms with van der Waals surface area (Å²) in [6.45, 7) is 3.52. The van der Waals surface area contributed by atoms with Crippen LogP contribution in [-0.4, -0.2) is 24.7 Å². The molecule has 5 nitrogen and oxygen atoms in total. The summed E-state index contributed by atoms with van der Waals surface area (Å²) in [6.07, 6.45) is 0. The van der Waals surface area contributed by atoms with Crippen LogP contribution >= 0.6 is 35.0 Å². The number of carbonyl (C=O) groups is 2. The molecule has 1 amide bonds. The SMILES string of the molecule is COC(=O)c1cc(CSCC(=O)Nc2c(Cl)ccc(C)c2Cl)oc1C. The molecule has 1 N–H and O–H groups in total. The Morgan fingerprint density at radius 1 is 1.28 bits per heavy atom. The van der Waals surface area contributed by atoms with Crippen molar-refractivity contribution in [1.29, 1.82) is 0 Å². The molecular formula is C17H17Cl2NO4S. The van der Waals surface area contributed by atoms with E-state index in [4.69, 9.17) is 27.6 Å². The zero-order valence-electron chi connectivity index (χ0n) is 13.9. The summed E-state index contributed by atoms with van der Waals surface area (Å²) in [5.74, 6) is 1.05. The molecule has 2 aromatic rings. The van der Waals surface area contributed by atoms with Crippen LogP contribution in [0.2, 0.25) is 10.0 Å². The minimum atomic E-state index is -0.445. The van der Waals surface area contributed by atoms with E-state index in [-0.39, 0.29) is 11.7 Å². The number of thioether (sulfide) groups is 1. The first kappa shape index (κ1) is 19.7. The molecule has 0 bridgehead atoms. The fourth-order valence-corrected chi connectivity index (χ4v) is 3.29. The van der Waals surface area contributed by atoms with Crippen molar-refractivity contribution in [2.24, 2.45) is 0 Å². The Kier molecular flexibility index (Phi) is 6.81. The second kappa shape index (κ2) is 8.65. The Morgan fingerprint density at radius 2 is 2.00 bits per heavy atom. The number of esters is 1. The molecule has 0 aliphatic heterocycles. The summed E-state index contributed by atoms with van der Waals surface area (Å²) in [5.41, 5.74) is 1.63. The van der Waals surface area contributed by atoms with Crippen molar-refractivity contribution in [2.75, 3.05) is 18.2 Å². The van der Waals surface area contributed by atoms with E-state index in [1.807, 2.05) is 6.92 Å². The van der Waals surface area contributed by atoms with Crippen molar-refractivity contribution < 1.29 is 18.7 Å². The first-order valence-corrected chi connectivity index (χ1v) is 9.24. The van der Waals surface area contributed by atoms with Crippen LogP contribution in [0, 0.1) is 13.8 Å². The van der Waals surface area contributed by atoms with Gasteiger partial charge < -0.3 is 14.5 Å². The van der Waals surface area contributed by atoms with Crippen LogP contribution in [0.4, 0.5) is 5.69 Å². The number of benzene rings is 1. The number of hydrogen-bond donors (Lipinski definition) is 1. The van der Waals surface area contributed by atoms with Crippen LogP contribution in [-0.2, 0) is 15.3 Å². The average molecular weight is 402 g/mol. The fourth-order valence-electron chi connectivity index (χ4n) is 2.12. The summed E-state index contributed by atoms with van der Waals surface area (Å²) >= 11 is 13.6. The molecule has 0 radical (unpaired) electrons. The van der Waals surface area contributed by atoms with E-state index in [2.05, 4.69) is 10.1 Å². The van der Waals surface area contributed by atoms with Gasteiger partial charge in [0.05, 0.1) is 34.3 Å². The number of hydrogen-bond acceptors (Lipinski definition) is 5. The van der Waals surface area contributed by atoms with Gasteiger partial charge in [0.15, 0.2) is 0 Å². The molecule has 2 rings (SSSR count). The number of furan rings is 1. The van der Waals surface area contributed by atoms with Gasteiger partial charge in [-0.15, -0.1) is 11.8 Å². The number of rotatable bonds is 6. The monoisotopic (exact) mass is 401 g/mol. The molecule has 0 saturated carbocycles. The first-order chi connectivity index (χ1) is 11.8. The van der Waals surface area contributed by atoms with Crippen molar-refractivity contribution in [3.05, 3.63) is 50.9 Å². The van der Waals surface area contributed by atoms with Gasteiger partial charge in [0.25, 0.3) is 0 Å². The van der Waals surface area contributed by atoms with Crippen molar-refractivity contribution >= 4 is 52.5 Å². The van der Waals surface area contributed by atoms with Gasteiger partial charge in [-0.1, -0.05) is 29.3 Å². The lowest BCUT2D eigenvalue weighted by atomic mass is 10.2. The Labute approximate surface area is 160 Å². The van der Waals surface area contributed by atoms with Crippen LogP contribution in [0.5, 0.6) is 0 Å². The molecule has 0 saturated heterocycles. The minimum Gasteiger partial charge on any atom is -0.465 e. The van der Waals surface area contributed by atoms with Crippen LogP contribution in [0.15, 0.2) is 22.6 Å². The lowest BCUT2D eigenvalue weighted by Gasteiger charge is -2.10. The van der Waals surface area contributed by atoms with Crippen LogP contribution in [0.25, 0.3) is 0 Å². The molecule has 134 valence electrons. The lowest BCUT2D eigenvalue weighted by Crippen LogP contribution is -2.15. The van der Waals surface area contributed by atoms with Crippen LogP contribution in [0.1, 0.15) is 27.4 Å². The number of amides is 1. The maximum Gasteiger partial charge on any atom is 0.341 e. The molecule has 0 aliphatic rings. The molecule has 0 aliphatic carbocycles. The molecule has 8 heteroatoms. The molecule has 1 heterocycles. The van der Waals surface area contributed by atoms with Crippen LogP contribution in [0.3, 0.4) is 0 Å². The zero-order valence-corrected chi connectivity index (χ0v) is 16.3. The fraction of sp³-hybridized carbons (Fsp3) is 0.294. The molecular weight excluding hydrogens is 385 g/mol. The maximum absolute atomic E-state index is 12.1. The van der Waals surface area contributed by atoms with E-state index >= 15 is 0 Å². The number of anilines is 1. The second-order valence-corrected chi connectivity index (χ2v) is 7.04. The van der Waals surface area contributed by atoms with E-state index < -0.39 is 5.97 Å². The number of methoxy groups -OCH3 is 1. The quantitative estimate of drug-likeness (QED) is 0.699. The van der Waals surface area contributed by atoms with E-state index in [9.17, 15) is 9.59 Å². The van der Waals surface area contributed by atoms with Crippen molar-refractivity contribution in [3.8, 4) is 0 Å². The van der Waals surface area contributed by atoms with E-state index in [1.165, 1.54) is 18.9 Å². The Bertz CT molecular complexity index is 804. The van der Waals surface area contributed by atoms with E-state index in [1.54, 1.807) is 25.1 Å². The molecule has 0 unspecified atom stereocenters. The predicted molar refractivity (Wildman–Crippen MR) is 101 cm³/mol. The number of halogens is 2. The first-order valence-electron chi connectivity index (χ1n) is 7.33. The average Bonchev–Trinajstić information content (AvgIpc) is 2.95. The third-order valence-electron chi connectivity index (χ3n) is 3.40. The van der Waals surface area contributed by atoms with Gasteiger partial charge in [-0.3, -0.25) is 4.79 Å². The molecule has 0 fully saturated rings. The van der Waals surface area contributed by atoms with Gasteiger partial charge in [-0.2, -0.15) is 0 Å². The summed E-state index contributed by atoms with van der Waals surface area (Å²) in [5, 5.41) is 3.53. The predicted octanol–water partition coefficient (Wildman–Crippen LogP) is 4.86. The molecule has 25 heavy (non-hydrogen) atoms. The highest BCUT2D eigenvalue weighted by Gasteiger charge is 2.16. The smallest absolute Gasteiger partial charge is 0.341 e. The number of carbonyl (C=O) groups excluding carboxylic acids is 2. The van der Waals surface area contributed by atoms with Gasteiger partial charge >= 0.3 is 5.97 Å². The Balaban J connectivity index is 1.91. The number of nitrogens with one attached hydrogen (secondary N) is 1. The van der Waals surface area contributed by atoms with E-state index in [0.29, 0.717) is 38.6 Å². The standard InChI is InChI=1S/C17H17Cl2NO4S/c1-9-4-5-13(18)16(15(9)19)20-14(21)8-25-7-11-6-12(10(2)24-11)17(22)23-3/h4-6H,7-8H2,1-3H3,(H,20,21). The van der Waals surface area contributed by atoms with Gasteiger partial charge in [0.1, 0.15) is 17.1 Å². The molecule has 1 aromatic heterocycles. The Hall–Kier alpha value is -1.63. The summed E-state index contributed by atoms with van der Waals surface area (Å²) < 4.78 is 10.2. The highest BCUT2D eigenvalue weighted by Crippen LogP contribution is 2.33. The topological polar surface area (TPSA) is 68.5 Å². The lowest BCUT2D eigenvalue weighted by molar-refractivity contribution is -0.113. The third kappa shape index (κ3) is 4.93. The third-order valence-corrected chi connectivity index (χ3v) is 5.16. The van der Waals surface area contributed by atoms with Crippen molar-refractivity contribution in [1.82, 2.24) is 0 Å². The second-order valence-electron chi connectivity index (χ2n) is 5.27. The highest BCUT2D eigenvalue weighted by molar-refractivity contribution is 7.99. The summed E-state index contributed by atoms with van der Waals surface area (Å²) in [6, 6.07) is 5.10. The van der Waals surface area contributed by atoms with Crippen molar-refractivity contribution in [3.63, 3.8) is 0 Å². The number of aryl methyl sites for hydroxylation is 2. The van der Waals surface area contributed by atoms with Gasteiger partial charge in [-0.25, -0.2) is 4.79 Å². The van der Waals surface area contributed by atoms with Gasteiger partial charge in [-0.05, 0) is 31.5 Å². The highest BCUT2D eigenvalue weighted by atomic mass is 35.5. The maximum atomic E-state index is 12.1. The van der Waals surface area contributed by atoms with Gasteiger partial charge in [0, 0.05) is 0 Å². The molecule has 1 aromatic carbocycles. The Morgan fingerprint density at radius 3 is 2.68 bits per heavy atom. The molecule has 0 atom stereocenters. The van der Waals surface area contributed by atoms with Crippen molar-refractivity contribution in [2.45, 2.75) is 19.6 Å². The minimum absolute atomic E-state index is 0.188.